The Morgan fingerprint density at radius 2 is 1.06 bits per heavy atom. The Balaban J connectivity index is 0.000000231. The number of hydrogen-bond donors (Lipinski definition) is 1. The monoisotopic (exact) mass is 438 g/mol. The van der Waals surface area contributed by atoms with Gasteiger partial charge in [0.1, 0.15) is 0 Å². The van der Waals surface area contributed by atoms with Crippen LogP contribution in [0.4, 0.5) is 17.1 Å². The molecular formula is C31H38N2. The van der Waals surface area contributed by atoms with Gasteiger partial charge in [0.25, 0.3) is 0 Å². The van der Waals surface area contributed by atoms with Crippen LogP contribution in [0.15, 0.2) is 103 Å². The maximum Gasteiger partial charge on any atom is 0.0410 e. The van der Waals surface area contributed by atoms with Gasteiger partial charge >= 0.3 is 0 Å². The first-order valence-electron chi connectivity index (χ1n) is 12.4. The van der Waals surface area contributed by atoms with Crippen LogP contribution in [0.25, 0.3) is 10.8 Å². The fourth-order valence-electron chi connectivity index (χ4n) is 4.10. The predicted octanol–water partition coefficient (Wildman–Crippen LogP) is 9.00. The molecule has 0 fully saturated rings. The third kappa shape index (κ3) is 7.98. The molecular weight excluding hydrogens is 400 g/mol. The second-order valence-corrected chi connectivity index (χ2v) is 8.51. The fraction of sp³-hybridized carbons (Fsp3) is 0.290. The molecule has 0 radical (unpaired) electrons. The van der Waals surface area contributed by atoms with Gasteiger partial charge in [-0.25, -0.2) is 0 Å². The lowest BCUT2D eigenvalue weighted by atomic mass is 10.1. The molecule has 0 spiro atoms. The molecule has 0 amide bonds. The molecule has 0 bridgehead atoms. The van der Waals surface area contributed by atoms with E-state index in [0.717, 1.165) is 17.6 Å². The zero-order chi connectivity index (χ0) is 23.1. The molecule has 0 saturated carbocycles. The Bertz CT molecular complexity index is 999. The smallest absolute Gasteiger partial charge is 0.0410 e. The number of para-hydroxylation sites is 2. The third-order valence-corrected chi connectivity index (χ3v) is 5.94. The SMILES string of the molecule is CCCCCCCCCN(c1ccccc1)c1ccccc1.Nc1cccc2ccccc12. The van der Waals surface area contributed by atoms with Crippen LogP contribution in [0.1, 0.15) is 51.9 Å². The number of fused-ring (bicyclic) bond motifs is 1. The van der Waals surface area contributed by atoms with Crippen molar-refractivity contribution in [3.8, 4) is 0 Å². The molecule has 4 aromatic rings. The van der Waals surface area contributed by atoms with E-state index < -0.39 is 0 Å². The zero-order valence-electron chi connectivity index (χ0n) is 20.0. The van der Waals surface area contributed by atoms with E-state index in [9.17, 15) is 0 Å². The molecule has 33 heavy (non-hydrogen) atoms. The number of rotatable bonds is 10. The number of nitrogens with two attached hydrogens (primary N) is 1. The molecule has 2 nitrogen and oxygen atoms in total. The van der Waals surface area contributed by atoms with Crippen molar-refractivity contribution in [2.24, 2.45) is 0 Å². The van der Waals surface area contributed by atoms with Gasteiger partial charge in [-0.3, -0.25) is 0 Å². The molecule has 4 aromatic carbocycles. The third-order valence-electron chi connectivity index (χ3n) is 5.94. The molecule has 2 heteroatoms. The van der Waals surface area contributed by atoms with Crippen molar-refractivity contribution in [2.45, 2.75) is 51.9 Å². The molecule has 0 saturated heterocycles. The van der Waals surface area contributed by atoms with Crippen LogP contribution < -0.4 is 10.6 Å². The quantitative estimate of drug-likeness (QED) is 0.198. The summed E-state index contributed by atoms with van der Waals surface area (Å²) in [7, 11) is 0. The highest BCUT2D eigenvalue weighted by atomic mass is 15.1. The van der Waals surface area contributed by atoms with Crippen LogP contribution in [-0.4, -0.2) is 6.54 Å². The summed E-state index contributed by atoms with van der Waals surface area (Å²) in [5, 5.41) is 2.34. The van der Waals surface area contributed by atoms with Crippen LogP contribution >= 0.6 is 0 Å². The Hall–Kier alpha value is -3.26. The van der Waals surface area contributed by atoms with Crippen molar-refractivity contribution in [3.05, 3.63) is 103 Å². The van der Waals surface area contributed by atoms with E-state index in [0.29, 0.717) is 0 Å². The number of nitrogen functional groups attached to an aromatic ring is 1. The summed E-state index contributed by atoms with van der Waals surface area (Å²) in [5.74, 6) is 0. The van der Waals surface area contributed by atoms with Gasteiger partial charge < -0.3 is 10.6 Å². The summed E-state index contributed by atoms with van der Waals surface area (Å²) >= 11 is 0. The van der Waals surface area contributed by atoms with Crippen molar-refractivity contribution in [2.75, 3.05) is 17.2 Å². The second kappa shape index (κ2) is 14.0. The first-order valence-corrected chi connectivity index (χ1v) is 12.4. The Morgan fingerprint density at radius 3 is 1.67 bits per heavy atom. The minimum absolute atomic E-state index is 0.850. The van der Waals surface area contributed by atoms with Crippen molar-refractivity contribution < 1.29 is 0 Å². The highest BCUT2D eigenvalue weighted by Gasteiger charge is 2.07. The normalized spacial score (nSPS) is 10.5. The maximum atomic E-state index is 5.76. The molecule has 4 rings (SSSR count). The van der Waals surface area contributed by atoms with E-state index in [4.69, 9.17) is 5.73 Å². The highest BCUT2D eigenvalue weighted by molar-refractivity contribution is 5.92. The zero-order valence-corrected chi connectivity index (χ0v) is 20.0. The van der Waals surface area contributed by atoms with Crippen molar-refractivity contribution in [3.63, 3.8) is 0 Å². The standard InChI is InChI=1S/C21H29N.C10H9N/c1-2-3-4-5-6-7-14-19-22(20-15-10-8-11-16-20)21-17-12-9-13-18-21;11-10-7-3-5-8-4-1-2-6-9(8)10/h8-13,15-18H,2-7,14,19H2,1H3;1-7H,11H2. The van der Waals surface area contributed by atoms with E-state index in [1.165, 1.54) is 61.7 Å². The van der Waals surface area contributed by atoms with E-state index >= 15 is 0 Å². The molecule has 172 valence electrons. The Morgan fingerprint density at radius 1 is 0.545 bits per heavy atom. The lowest BCUT2D eigenvalue weighted by Gasteiger charge is -2.25. The van der Waals surface area contributed by atoms with Crippen molar-refractivity contribution in [1.29, 1.82) is 0 Å². The second-order valence-electron chi connectivity index (χ2n) is 8.51. The molecule has 2 N–H and O–H groups in total. The molecule has 0 aromatic heterocycles. The van der Waals surface area contributed by atoms with Crippen molar-refractivity contribution >= 4 is 27.8 Å². The van der Waals surface area contributed by atoms with E-state index in [1.807, 2.05) is 30.3 Å². The van der Waals surface area contributed by atoms with Crippen molar-refractivity contribution in [1.82, 2.24) is 0 Å². The fourth-order valence-corrected chi connectivity index (χ4v) is 4.10. The minimum Gasteiger partial charge on any atom is -0.398 e. The van der Waals surface area contributed by atoms with Crippen LogP contribution in [0.5, 0.6) is 0 Å². The minimum atomic E-state index is 0.850. The molecule has 0 aliphatic rings. The van der Waals surface area contributed by atoms with E-state index in [1.54, 1.807) is 0 Å². The average molecular weight is 439 g/mol. The van der Waals surface area contributed by atoms with Crippen LogP contribution in [-0.2, 0) is 0 Å². The number of hydrogen-bond acceptors (Lipinski definition) is 2. The Kier molecular flexibility index (Phi) is 10.3. The first kappa shape index (κ1) is 24.4. The van der Waals surface area contributed by atoms with Gasteiger partial charge in [-0.2, -0.15) is 0 Å². The number of unbranched alkanes of at least 4 members (excludes halogenated alkanes) is 6. The number of anilines is 3. The van der Waals surface area contributed by atoms with Gasteiger partial charge in [0, 0.05) is 29.0 Å². The summed E-state index contributed by atoms with van der Waals surface area (Å²) < 4.78 is 0. The van der Waals surface area contributed by atoms with Crippen LogP contribution in [0.2, 0.25) is 0 Å². The number of benzene rings is 4. The highest BCUT2D eigenvalue weighted by Crippen LogP contribution is 2.25. The summed E-state index contributed by atoms with van der Waals surface area (Å²) in [6.45, 7) is 3.37. The molecule has 0 unspecified atom stereocenters. The molecule has 0 atom stereocenters. The lowest BCUT2D eigenvalue weighted by Crippen LogP contribution is -2.18. The largest absolute Gasteiger partial charge is 0.398 e. The van der Waals surface area contributed by atoms with Crippen LogP contribution in [0.3, 0.4) is 0 Å². The predicted molar refractivity (Wildman–Crippen MR) is 146 cm³/mol. The van der Waals surface area contributed by atoms with Gasteiger partial charge in [-0.15, -0.1) is 0 Å². The maximum absolute atomic E-state index is 5.76. The van der Waals surface area contributed by atoms with Gasteiger partial charge in [-0.05, 0) is 42.1 Å². The summed E-state index contributed by atoms with van der Waals surface area (Å²) in [6.07, 6.45) is 9.48. The van der Waals surface area contributed by atoms with E-state index in [-0.39, 0.29) is 0 Å². The molecule has 0 aliphatic carbocycles. The van der Waals surface area contributed by atoms with Gasteiger partial charge in [-0.1, -0.05) is 118 Å². The average Bonchev–Trinajstić information content (AvgIpc) is 2.88. The topological polar surface area (TPSA) is 29.3 Å². The summed E-state index contributed by atoms with van der Waals surface area (Å²) in [4.78, 5) is 2.44. The first-order chi connectivity index (χ1) is 16.3. The van der Waals surface area contributed by atoms with Crippen LogP contribution in [0, 0.1) is 0 Å². The van der Waals surface area contributed by atoms with E-state index in [2.05, 4.69) is 84.6 Å². The molecule has 0 aliphatic heterocycles. The number of nitrogens with zero attached hydrogens (tertiary/aromatic N) is 1. The van der Waals surface area contributed by atoms with Gasteiger partial charge in [0.15, 0.2) is 0 Å². The van der Waals surface area contributed by atoms with Gasteiger partial charge in [0.2, 0.25) is 0 Å². The Labute approximate surface area is 200 Å². The summed E-state index contributed by atoms with van der Waals surface area (Å²) in [6, 6.07) is 35.5. The van der Waals surface area contributed by atoms with Gasteiger partial charge in [0.05, 0.1) is 0 Å². The lowest BCUT2D eigenvalue weighted by molar-refractivity contribution is 0.591. The molecule has 0 heterocycles. The summed E-state index contributed by atoms with van der Waals surface area (Å²) in [5.41, 5.74) is 9.19.